The summed E-state index contributed by atoms with van der Waals surface area (Å²) in [4.78, 5) is 30.0. The smallest absolute Gasteiger partial charge is 0.315 e. The number of nitrogens with zero attached hydrogens (tertiary/aromatic N) is 3. The fraction of sp³-hybridized carbons (Fsp3) is 0.381. The lowest BCUT2D eigenvalue weighted by Crippen LogP contribution is -2.60. The van der Waals surface area contributed by atoms with Crippen LogP contribution in [0.15, 0.2) is 42.6 Å². The first kappa shape index (κ1) is 19.0. The van der Waals surface area contributed by atoms with Gasteiger partial charge < -0.3 is 14.8 Å². The third kappa shape index (κ3) is 3.10. The van der Waals surface area contributed by atoms with Gasteiger partial charge in [-0.25, -0.2) is 9.28 Å². The summed E-state index contributed by atoms with van der Waals surface area (Å²) in [6, 6.07) is 11.1. The molecule has 3 rings (SSSR count). The first-order valence-electron chi connectivity index (χ1n) is 9.21. The highest BCUT2D eigenvalue weighted by molar-refractivity contribution is 5.89. The molecule has 0 aliphatic carbocycles. The molecule has 6 heteroatoms. The molecule has 27 heavy (non-hydrogen) atoms. The predicted molar refractivity (Wildman–Crippen MR) is 103 cm³/mol. The van der Waals surface area contributed by atoms with E-state index in [2.05, 4.69) is 4.98 Å². The summed E-state index contributed by atoms with van der Waals surface area (Å²) in [6.07, 6.45) is 1.09. The van der Waals surface area contributed by atoms with Crippen LogP contribution in [0, 0.1) is 0 Å². The Morgan fingerprint density at radius 1 is 1.30 bits per heavy atom. The lowest BCUT2D eigenvalue weighted by Gasteiger charge is -2.46. The third-order valence-corrected chi connectivity index (χ3v) is 5.90. The molecule has 0 N–H and O–H groups in total. The van der Waals surface area contributed by atoms with Crippen LogP contribution >= 0.6 is 0 Å². The molecule has 1 aromatic heterocycles. The minimum absolute atomic E-state index is 0.0317. The summed E-state index contributed by atoms with van der Waals surface area (Å²) in [5.41, 5.74) is 3.40. The van der Waals surface area contributed by atoms with E-state index < -0.39 is 6.09 Å². The maximum atomic E-state index is 12.5. The molecule has 2 amide bonds. The van der Waals surface area contributed by atoms with Gasteiger partial charge in [0.2, 0.25) is 0 Å². The maximum Gasteiger partial charge on any atom is 0.315 e. The largest absolute Gasteiger partial charge is 0.530 e. The van der Waals surface area contributed by atoms with Crippen molar-refractivity contribution in [3.8, 4) is 11.3 Å². The van der Waals surface area contributed by atoms with Crippen LogP contribution in [0.2, 0.25) is 0 Å². The number of pyridine rings is 1. The van der Waals surface area contributed by atoms with Gasteiger partial charge in [0.15, 0.2) is 0 Å². The zero-order chi connectivity index (χ0) is 19.8. The maximum absolute atomic E-state index is 12.5. The molecule has 0 saturated heterocycles. The number of amides is 2. The van der Waals surface area contributed by atoms with E-state index in [1.807, 2.05) is 50.4 Å². The van der Waals surface area contributed by atoms with Crippen molar-refractivity contribution in [1.29, 1.82) is 0 Å². The van der Waals surface area contributed by atoms with Gasteiger partial charge in [-0.3, -0.25) is 4.98 Å². The standard InChI is InChI=1S/C21H25N3O3/c1-5-23(21(26)27)19-12-14(2)24(4,15(3)25)20-10-9-16(13-17(19)20)18-8-6-7-11-22-18/h6-11,13-14,19H,5,12H2,1-4H3/t14-,19+,24?/m0/s1. The third-order valence-electron chi connectivity index (χ3n) is 5.90. The Hall–Kier alpha value is -2.73. The molecular weight excluding hydrogens is 342 g/mol. The number of rotatable bonds is 3. The molecule has 2 aromatic rings. The summed E-state index contributed by atoms with van der Waals surface area (Å²) in [5, 5.41) is 11.7. The highest BCUT2D eigenvalue weighted by Gasteiger charge is 2.47. The molecule has 1 aliphatic heterocycles. The van der Waals surface area contributed by atoms with Crippen LogP contribution in [-0.4, -0.2) is 41.5 Å². The van der Waals surface area contributed by atoms with E-state index in [4.69, 9.17) is 0 Å². The number of fused-ring (bicyclic) bond motifs is 1. The summed E-state index contributed by atoms with van der Waals surface area (Å²) < 4.78 is 0.152. The number of carbonyl (C=O) groups is 2. The van der Waals surface area contributed by atoms with Crippen molar-refractivity contribution in [2.75, 3.05) is 13.6 Å². The molecule has 0 bridgehead atoms. The van der Waals surface area contributed by atoms with Crippen molar-refractivity contribution < 1.29 is 14.7 Å². The van der Waals surface area contributed by atoms with Gasteiger partial charge in [-0.1, -0.05) is 6.07 Å². The number of quaternary nitrogens is 1. The van der Waals surface area contributed by atoms with Crippen LogP contribution in [0.25, 0.3) is 11.3 Å². The van der Waals surface area contributed by atoms with E-state index >= 15 is 0 Å². The fourth-order valence-electron chi connectivity index (χ4n) is 4.09. The fourth-order valence-corrected chi connectivity index (χ4v) is 4.09. The van der Waals surface area contributed by atoms with E-state index in [9.17, 15) is 14.7 Å². The molecule has 3 atom stereocenters. The van der Waals surface area contributed by atoms with Gasteiger partial charge in [-0.15, -0.1) is 0 Å². The molecule has 0 saturated carbocycles. The summed E-state index contributed by atoms with van der Waals surface area (Å²) in [6.45, 7) is 5.71. The van der Waals surface area contributed by atoms with Crippen LogP contribution in [-0.2, 0) is 4.79 Å². The number of carboxylic acid groups (broad SMARTS) is 1. The van der Waals surface area contributed by atoms with Crippen molar-refractivity contribution in [1.82, 2.24) is 14.4 Å². The van der Waals surface area contributed by atoms with Gasteiger partial charge in [0.1, 0.15) is 11.8 Å². The number of hydrogen-bond acceptors (Lipinski definition) is 4. The predicted octanol–water partition coefficient (Wildman–Crippen LogP) is 2.73. The second-order valence-electron chi connectivity index (χ2n) is 7.24. The van der Waals surface area contributed by atoms with Crippen LogP contribution in [0.1, 0.15) is 38.8 Å². The molecule has 2 heterocycles. The lowest BCUT2D eigenvalue weighted by molar-refractivity contribution is -0.268. The zero-order valence-electron chi connectivity index (χ0n) is 16.2. The monoisotopic (exact) mass is 367 g/mol. The Morgan fingerprint density at radius 2 is 2.04 bits per heavy atom. The number of hydrogen-bond donors (Lipinski definition) is 0. The van der Waals surface area contributed by atoms with Gasteiger partial charge in [0, 0.05) is 36.4 Å². The molecular formula is C21H25N3O3. The molecule has 0 fully saturated rings. The Morgan fingerprint density at radius 3 is 2.59 bits per heavy atom. The van der Waals surface area contributed by atoms with Gasteiger partial charge in [-0.05, 0) is 38.1 Å². The van der Waals surface area contributed by atoms with E-state index in [0.29, 0.717) is 13.0 Å². The number of carbonyl (C=O) groups excluding carboxylic acids is 2. The molecule has 1 aliphatic rings. The van der Waals surface area contributed by atoms with Gasteiger partial charge in [0.25, 0.3) is 0 Å². The first-order chi connectivity index (χ1) is 12.8. The normalized spacial score (nSPS) is 24.1. The van der Waals surface area contributed by atoms with Crippen molar-refractivity contribution in [2.45, 2.75) is 39.3 Å². The Bertz CT molecular complexity index is 868. The summed E-state index contributed by atoms with van der Waals surface area (Å²) in [7, 11) is 1.90. The van der Waals surface area contributed by atoms with E-state index in [-0.39, 0.29) is 22.5 Å². The van der Waals surface area contributed by atoms with Crippen molar-refractivity contribution >= 4 is 17.7 Å². The minimum atomic E-state index is -1.19. The van der Waals surface area contributed by atoms with Gasteiger partial charge >= 0.3 is 5.91 Å². The highest BCUT2D eigenvalue weighted by atomic mass is 16.4. The molecule has 142 valence electrons. The lowest BCUT2D eigenvalue weighted by atomic mass is 9.87. The second-order valence-corrected chi connectivity index (χ2v) is 7.24. The van der Waals surface area contributed by atoms with Crippen molar-refractivity contribution in [2.24, 2.45) is 0 Å². The van der Waals surface area contributed by atoms with E-state index in [0.717, 1.165) is 22.5 Å². The molecule has 0 spiro atoms. The average Bonchev–Trinajstić information content (AvgIpc) is 2.66. The molecule has 0 radical (unpaired) electrons. The Labute approximate surface area is 159 Å². The number of aromatic nitrogens is 1. The summed E-state index contributed by atoms with van der Waals surface area (Å²) in [5.74, 6) is 0.0317. The molecule has 1 aromatic carbocycles. The highest BCUT2D eigenvalue weighted by Crippen LogP contribution is 2.45. The van der Waals surface area contributed by atoms with Gasteiger partial charge in [0.05, 0.1) is 31.7 Å². The minimum Gasteiger partial charge on any atom is -0.530 e. The molecule has 1 unspecified atom stereocenters. The summed E-state index contributed by atoms with van der Waals surface area (Å²) >= 11 is 0. The molecule has 6 nitrogen and oxygen atoms in total. The zero-order valence-corrected chi connectivity index (χ0v) is 16.2. The van der Waals surface area contributed by atoms with E-state index in [1.165, 1.54) is 4.90 Å². The van der Waals surface area contributed by atoms with Gasteiger partial charge in [-0.2, -0.15) is 0 Å². The number of benzene rings is 1. The van der Waals surface area contributed by atoms with Crippen LogP contribution < -0.4 is 9.59 Å². The van der Waals surface area contributed by atoms with Crippen molar-refractivity contribution in [3.05, 3.63) is 48.2 Å². The second kappa shape index (κ2) is 7.12. The average molecular weight is 367 g/mol. The topological polar surface area (TPSA) is 73.3 Å². The van der Waals surface area contributed by atoms with Crippen molar-refractivity contribution in [3.63, 3.8) is 0 Å². The van der Waals surface area contributed by atoms with Crippen LogP contribution in [0.5, 0.6) is 0 Å². The van der Waals surface area contributed by atoms with Crippen LogP contribution in [0.4, 0.5) is 10.5 Å². The first-order valence-corrected chi connectivity index (χ1v) is 9.21. The SMILES string of the molecule is CCN(C(=O)[O-])[C@@H]1C[C@H](C)[N+](C)(C(C)=O)c2ccc(-c3ccccn3)cc21. The van der Waals surface area contributed by atoms with E-state index in [1.54, 1.807) is 20.0 Å². The van der Waals surface area contributed by atoms with Crippen LogP contribution in [0.3, 0.4) is 0 Å². The Kier molecular flexibility index (Phi) is 5.02. The quantitative estimate of drug-likeness (QED) is 0.782. The Balaban J connectivity index is 2.22.